The van der Waals surface area contributed by atoms with Crippen LogP contribution in [0, 0.1) is 6.92 Å². The zero-order valence-electron chi connectivity index (χ0n) is 15.4. The van der Waals surface area contributed by atoms with Gasteiger partial charge in [0, 0.05) is 48.5 Å². The van der Waals surface area contributed by atoms with Gasteiger partial charge in [-0.2, -0.15) is 0 Å². The molecule has 0 spiro atoms. The van der Waals surface area contributed by atoms with Gasteiger partial charge in [0.1, 0.15) is 0 Å². The van der Waals surface area contributed by atoms with Crippen molar-refractivity contribution in [2.45, 2.75) is 13.8 Å². The van der Waals surface area contributed by atoms with Crippen LogP contribution in [0.4, 0.5) is 5.69 Å². The second-order valence-corrected chi connectivity index (χ2v) is 6.44. The lowest BCUT2D eigenvalue weighted by Crippen LogP contribution is -2.43. The molecule has 1 N–H and O–H groups in total. The van der Waals surface area contributed by atoms with E-state index in [-0.39, 0.29) is 5.78 Å². The second-order valence-electron chi connectivity index (χ2n) is 6.44. The number of carbonyl (C=O) groups excluding carboxylic acids is 1. The summed E-state index contributed by atoms with van der Waals surface area (Å²) in [6.45, 7) is 7.90. The number of rotatable bonds is 2. The van der Waals surface area contributed by atoms with Gasteiger partial charge in [0.05, 0.1) is 5.52 Å². The molecule has 1 saturated heterocycles. The number of benzene rings is 2. The van der Waals surface area contributed by atoms with Gasteiger partial charge in [-0.1, -0.05) is 36.4 Å². The first kappa shape index (κ1) is 18.1. The maximum Gasteiger partial charge on any atom is 0.161 e. The fourth-order valence-electron chi connectivity index (χ4n) is 3.13. The second kappa shape index (κ2) is 8.59. The first-order chi connectivity index (χ1) is 12.6. The Bertz CT molecular complexity index is 871. The third-order valence-electron chi connectivity index (χ3n) is 4.53. The molecule has 134 valence electrons. The molecule has 0 radical (unpaired) electrons. The highest BCUT2D eigenvalue weighted by molar-refractivity contribution is 5.98. The molecule has 0 saturated carbocycles. The van der Waals surface area contributed by atoms with Crippen LogP contribution >= 0.6 is 0 Å². The summed E-state index contributed by atoms with van der Waals surface area (Å²) in [6.07, 6.45) is 0. The number of nitrogens with zero attached hydrogens (tertiary/aromatic N) is 2. The molecule has 2 aromatic carbocycles. The van der Waals surface area contributed by atoms with Gasteiger partial charge in [0.15, 0.2) is 5.78 Å². The third kappa shape index (κ3) is 4.46. The molecule has 0 amide bonds. The number of fused-ring (bicyclic) bond motifs is 1. The van der Waals surface area contributed by atoms with E-state index in [0.29, 0.717) is 5.56 Å². The van der Waals surface area contributed by atoms with Crippen LogP contribution < -0.4 is 10.2 Å². The molecule has 4 heteroatoms. The van der Waals surface area contributed by atoms with Gasteiger partial charge in [-0.15, -0.1) is 0 Å². The first-order valence-electron chi connectivity index (χ1n) is 9.03. The van der Waals surface area contributed by atoms with Crippen molar-refractivity contribution in [2.24, 2.45) is 0 Å². The summed E-state index contributed by atoms with van der Waals surface area (Å²) in [7, 11) is 0. The molecule has 3 aromatic rings. The Labute approximate surface area is 154 Å². The van der Waals surface area contributed by atoms with Crippen molar-refractivity contribution < 1.29 is 4.79 Å². The predicted molar refractivity (Wildman–Crippen MR) is 108 cm³/mol. The van der Waals surface area contributed by atoms with Crippen LogP contribution in [0.15, 0.2) is 60.7 Å². The highest BCUT2D eigenvalue weighted by Gasteiger charge is 2.08. The van der Waals surface area contributed by atoms with E-state index in [2.05, 4.69) is 45.5 Å². The standard InChI is InChI=1S/C12H11NO.C10H14N2/c1-8-11(9(2)14)7-10-5-3-4-6-12(10)13-8;1-2-4-10(5-3-1)12-8-6-11-7-9-12/h3-7H,1-2H3;1-5,11H,6-9H2. The summed E-state index contributed by atoms with van der Waals surface area (Å²) in [5, 5.41) is 4.36. The lowest BCUT2D eigenvalue weighted by Gasteiger charge is -2.29. The van der Waals surface area contributed by atoms with Gasteiger partial charge in [0.25, 0.3) is 0 Å². The average molecular weight is 347 g/mol. The van der Waals surface area contributed by atoms with E-state index in [9.17, 15) is 4.79 Å². The Kier molecular flexibility index (Phi) is 5.97. The number of anilines is 1. The van der Waals surface area contributed by atoms with Gasteiger partial charge >= 0.3 is 0 Å². The molecule has 4 rings (SSSR count). The number of aryl methyl sites for hydroxylation is 1. The molecule has 1 aliphatic heterocycles. The number of aromatic nitrogens is 1. The van der Waals surface area contributed by atoms with Crippen molar-refractivity contribution in [3.05, 3.63) is 71.9 Å². The number of Topliss-reactive ketones (excluding diaryl/α,β-unsaturated/α-hetero) is 1. The smallest absolute Gasteiger partial charge is 0.161 e. The molecular weight excluding hydrogens is 322 g/mol. The molecular formula is C22H25N3O. The average Bonchev–Trinajstić information content (AvgIpc) is 2.69. The van der Waals surface area contributed by atoms with Crippen molar-refractivity contribution in [1.82, 2.24) is 10.3 Å². The predicted octanol–water partition coefficient (Wildman–Crippen LogP) is 3.84. The zero-order chi connectivity index (χ0) is 18.4. The normalized spacial score (nSPS) is 13.8. The molecule has 0 atom stereocenters. The van der Waals surface area contributed by atoms with Gasteiger partial charge in [0.2, 0.25) is 0 Å². The fraction of sp³-hybridized carbons (Fsp3) is 0.273. The van der Waals surface area contributed by atoms with Crippen molar-refractivity contribution in [3.8, 4) is 0 Å². The minimum atomic E-state index is 0.0701. The number of hydrogen-bond acceptors (Lipinski definition) is 4. The Balaban J connectivity index is 0.000000152. The zero-order valence-corrected chi connectivity index (χ0v) is 15.4. The molecule has 1 aromatic heterocycles. The number of carbonyl (C=O) groups is 1. The molecule has 1 aliphatic rings. The van der Waals surface area contributed by atoms with Gasteiger partial charge < -0.3 is 10.2 Å². The van der Waals surface area contributed by atoms with Crippen LogP contribution in [0.5, 0.6) is 0 Å². The number of ketones is 1. The van der Waals surface area contributed by atoms with Crippen LogP contribution in [0.3, 0.4) is 0 Å². The summed E-state index contributed by atoms with van der Waals surface area (Å²) in [4.78, 5) is 18.1. The molecule has 26 heavy (non-hydrogen) atoms. The van der Waals surface area contributed by atoms with Crippen molar-refractivity contribution in [2.75, 3.05) is 31.1 Å². The van der Waals surface area contributed by atoms with E-state index < -0.39 is 0 Å². The van der Waals surface area contributed by atoms with E-state index in [1.54, 1.807) is 6.92 Å². The SMILES string of the molecule is CC(=O)c1cc2ccccc2nc1C.c1ccc(N2CCNCC2)cc1. The van der Waals surface area contributed by atoms with E-state index >= 15 is 0 Å². The van der Waals surface area contributed by atoms with E-state index in [4.69, 9.17) is 0 Å². The number of piperazine rings is 1. The Morgan fingerprint density at radius 1 is 1.00 bits per heavy atom. The monoisotopic (exact) mass is 347 g/mol. The van der Waals surface area contributed by atoms with Crippen molar-refractivity contribution in [1.29, 1.82) is 0 Å². The van der Waals surface area contributed by atoms with E-state index in [1.807, 2.05) is 37.3 Å². The van der Waals surface area contributed by atoms with Gasteiger partial charge in [-0.05, 0) is 38.1 Å². The number of para-hydroxylation sites is 2. The Morgan fingerprint density at radius 3 is 2.35 bits per heavy atom. The summed E-state index contributed by atoms with van der Waals surface area (Å²) in [6, 6.07) is 20.3. The molecule has 1 fully saturated rings. The minimum Gasteiger partial charge on any atom is -0.369 e. The first-order valence-corrected chi connectivity index (χ1v) is 9.03. The number of hydrogen-bond donors (Lipinski definition) is 1. The number of nitrogens with one attached hydrogen (secondary N) is 1. The fourth-order valence-corrected chi connectivity index (χ4v) is 3.13. The highest BCUT2D eigenvalue weighted by Crippen LogP contribution is 2.16. The Morgan fingerprint density at radius 2 is 1.65 bits per heavy atom. The van der Waals surface area contributed by atoms with Crippen molar-refractivity contribution >= 4 is 22.4 Å². The van der Waals surface area contributed by atoms with Crippen LogP contribution in [0.1, 0.15) is 23.0 Å². The Hall–Kier alpha value is -2.72. The van der Waals surface area contributed by atoms with Gasteiger partial charge in [-0.25, -0.2) is 0 Å². The molecule has 0 unspecified atom stereocenters. The molecule has 0 aliphatic carbocycles. The summed E-state index contributed by atoms with van der Waals surface area (Å²) >= 11 is 0. The van der Waals surface area contributed by atoms with Crippen molar-refractivity contribution in [3.63, 3.8) is 0 Å². The molecule has 2 heterocycles. The van der Waals surface area contributed by atoms with Crippen LogP contribution in [-0.4, -0.2) is 36.9 Å². The quantitative estimate of drug-likeness (QED) is 0.716. The lowest BCUT2D eigenvalue weighted by atomic mass is 10.1. The maximum atomic E-state index is 11.3. The van der Waals surface area contributed by atoms with Gasteiger partial charge in [-0.3, -0.25) is 9.78 Å². The maximum absolute atomic E-state index is 11.3. The van der Waals surface area contributed by atoms with E-state index in [0.717, 1.165) is 42.8 Å². The molecule has 0 bridgehead atoms. The number of pyridine rings is 1. The van der Waals surface area contributed by atoms with E-state index in [1.165, 1.54) is 5.69 Å². The summed E-state index contributed by atoms with van der Waals surface area (Å²) in [5.74, 6) is 0.0701. The summed E-state index contributed by atoms with van der Waals surface area (Å²) < 4.78 is 0. The minimum absolute atomic E-state index is 0.0701. The third-order valence-corrected chi connectivity index (χ3v) is 4.53. The van der Waals surface area contributed by atoms with Crippen LogP contribution in [0.25, 0.3) is 10.9 Å². The summed E-state index contributed by atoms with van der Waals surface area (Å²) in [5.41, 5.74) is 3.80. The lowest BCUT2D eigenvalue weighted by molar-refractivity contribution is 0.101. The topological polar surface area (TPSA) is 45.2 Å². The molecule has 4 nitrogen and oxygen atoms in total. The van der Waals surface area contributed by atoms with Crippen LogP contribution in [0.2, 0.25) is 0 Å². The highest BCUT2D eigenvalue weighted by atomic mass is 16.1. The largest absolute Gasteiger partial charge is 0.369 e. The van der Waals surface area contributed by atoms with Crippen LogP contribution in [-0.2, 0) is 0 Å².